The molecule has 11 heteroatoms. The van der Waals surface area contributed by atoms with Gasteiger partial charge in [-0.05, 0) is 61.9 Å². The Morgan fingerprint density at radius 1 is 1.05 bits per heavy atom. The van der Waals surface area contributed by atoms with Gasteiger partial charge in [0.1, 0.15) is 24.2 Å². The molecule has 0 aliphatic rings. The first kappa shape index (κ1) is 29.9. The van der Waals surface area contributed by atoms with E-state index in [9.17, 15) is 22.4 Å². The molecule has 0 spiro atoms. The van der Waals surface area contributed by atoms with Gasteiger partial charge < -0.3 is 15.0 Å². The lowest BCUT2D eigenvalue weighted by Gasteiger charge is -2.32. The fourth-order valence-corrected chi connectivity index (χ4v) is 5.41. The number of hydrogen-bond donors (Lipinski definition) is 1. The van der Waals surface area contributed by atoms with Crippen molar-refractivity contribution in [1.29, 1.82) is 0 Å². The molecule has 208 valence electrons. The molecule has 0 aliphatic carbocycles. The summed E-state index contributed by atoms with van der Waals surface area (Å²) in [7, 11) is -2.81. The van der Waals surface area contributed by atoms with Gasteiger partial charge in [0.15, 0.2) is 0 Å². The fraction of sp³-hybridized carbons (Fsp3) is 0.286. The third kappa shape index (κ3) is 7.48. The van der Waals surface area contributed by atoms with E-state index in [0.29, 0.717) is 18.7 Å². The predicted molar refractivity (Wildman–Crippen MR) is 149 cm³/mol. The highest BCUT2D eigenvalue weighted by Crippen LogP contribution is 2.28. The zero-order valence-electron chi connectivity index (χ0n) is 21.9. The number of amides is 2. The molecule has 0 bridgehead atoms. The van der Waals surface area contributed by atoms with E-state index in [1.807, 2.05) is 6.92 Å². The number of carbonyl (C=O) groups excluding carboxylic acids is 2. The summed E-state index contributed by atoms with van der Waals surface area (Å²) in [6.45, 7) is 2.91. The summed E-state index contributed by atoms with van der Waals surface area (Å²) >= 11 is 6.16. The molecule has 0 aromatic heterocycles. The van der Waals surface area contributed by atoms with Gasteiger partial charge in [-0.1, -0.05) is 42.8 Å². The molecular formula is C28H31ClFN3O5S. The Morgan fingerprint density at radius 2 is 1.74 bits per heavy atom. The molecule has 0 radical (unpaired) electrons. The minimum Gasteiger partial charge on any atom is -0.497 e. The summed E-state index contributed by atoms with van der Waals surface area (Å²) in [5.41, 5.74) is 0.342. The second-order valence-electron chi connectivity index (χ2n) is 8.75. The van der Waals surface area contributed by atoms with Crippen molar-refractivity contribution in [3.05, 3.63) is 89.2 Å². The van der Waals surface area contributed by atoms with E-state index in [-0.39, 0.29) is 27.7 Å². The Balaban J connectivity index is 2.03. The van der Waals surface area contributed by atoms with Crippen LogP contribution in [0.5, 0.6) is 5.75 Å². The molecule has 39 heavy (non-hydrogen) atoms. The molecule has 3 rings (SSSR count). The van der Waals surface area contributed by atoms with Crippen molar-refractivity contribution in [1.82, 2.24) is 10.2 Å². The third-order valence-electron chi connectivity index (χ3n) is 6.04. The largest absolute Gasteiger partial charge is 0.497 e. The maximum atomic E-state index is 14.6. The number of nitrogens with zero attached hydrogens (tertiary/aromatic N) is 2. The van der Waals surface area contributed by atoms with Crippen LogP contribution in [0.2, 0.25) is 5.02 Å². The number of ether oxygens (including phenoxy) is 1. The second-order valence-corrected chi connectivity index (χ2v) is 11.0. The van der Waals surface area contributed by atoms with Crippen molar-refractivity contribution >= 4 is 39.1 Å². The summed E-state index contributed by atoms with van der Waals surface area (Å²) in [5.74, 6) is -1.22. The van der Waals surface area contributed by atoms with E-state index in [0.717, 1.165) is 4.31 Å². The minimum atomic E-state index is -4.27. The van der Waals surface area contributed by atoms with Crippen molar-refractivity contribution in [2.24, 2.45) is 0 Å². The van der Waals surface area contributed by atoms with Gasteiger partial charge >= 0.3 is 0 Å². The van der Waals surface area contributed by atoms with E-state index < -0.39 is 40.2 Å². The van der Waals surface area contributed by atoms with Crippen molar-refractivity contribution in [3.8, 4) is 5.75 Å². The van der Waals surface area contributed by atoms with Gasteiger partial charge in [0.2, 0.25) is 11.8 Å². The SMILES string of the molecule is CCCNC(=O)[C@@H](C)N(Cc1ccccc1F)C(=O)CN(c1cccc(Cl)c1)S(=O)(=O)c1ccc(OC)cc1. The Labute approximate surface area is 233 Å². The highest BCUT2D eigenvalue weighted by atomic mass is 35.5. The molecule has 0 saturated heterocycles. The highest BCUT2D eigenvalue weighted by Gasteiger charge is 2.33. The van der Waals surface area contributed by atoms with E-state index in [2.05, 4.69) is 5.32 Å². The van der Waals surface area contributed by atoms with Crippen molar-refractivity contribution in [2.75, 3.05) is 24.5 Å². The Kier molecular flexibility index (Phi) is 10.3. The number of benzene rings is 3. The van der Waals surface area contributed by atoms with Crippen LogP contribution >= 0.6 is 11.6 Å². The summed E-state index contributed by atoms with van der Waals surface area (Å²) in [5, 5.41) is 3.01. The Hall–Kier alpha value is -3.63. The number of hydrogen-bond acceptors (Lipinski definition) is 5. The molecule has 1 N–H and O–H groups in total. The normalized spacial score (nSPS) is 11.9. The van der Waals surface area contributed by atoms with Crippen LogP contribution in [0.1, 0.15) is 25.8 Å². The van der Waals surface area contributed by atoms with Gasteiger partial charge in [0, 0.05) is 23.7 Å². The molecule has 1 atom stereocenters. The van der Waals surface area contributed by atoms with E-state index in [1.54, 1.807) is 18.2 Å². The summed E-state index contributed by atoms with van der Waals surface area (Å²) < 4.78 is 48.2. The highest BCUT2D eigenvalue weighted by molar-refractivity contribution is 7.92. The van der Waals surface area contributed by atoms with Gasteiger partial charge in [0.25, 0.3) is 10.0 Å². The maximum Gasteiger partial charge on any atom is 0.264 e. The van der Waals surface area contributed by atoms with Gasteiger partial charge in [0.05, 0.1) is 17.7 Å². The van der Waals surface area contributed by atoms with Crippen molar-refractivity contribution < 1.29 is 27.1 Å². The number of halogens is 2. The molecule has 0 unspecified atom stereocenters. The fourth-order valence-electron chi connectivity index (χ4n) is 3.82. The number of carbonyl (C=O) groups is 2. The number of methoxy groups -OCH3 is 1. The lowest BCUT2D eigenvalue weighted by atomic mass is 10.1. The number of sulfonamides is 1. The van der Waals surface area contributed by atoms with Gasteiger partial charge in [-0.3, -0.25) is 13.9 Å². The van der Waals surface area contributed by atoms with Crippen LogP contribution in [-0.4, -0.2) is 51.4 Å². The topological polar surface area (TPSA) is 96.0 Å². The van der Waals surface area contributed by atoms with Crippen LogP contribution in [0.15, 0.2) is 77.7 Å². The lowest BCUT2D eigenvalue weighted by molar-refractivity contribution is -0.139. The van der Waals surface area contributed by atoms with Gasteiger partial charge in [-0.25, -0.2) is 12.8 Å². The zero-order valence-corrected chi connectivity index (χ0v) is 23.5. The van der Waals surface area contributed by atoms with Crippen LogP contribution in [-0.2, 0) is 26.2 Å². The molecule has 8 nitrogen and oxygen atoms in total. The smallest absolute Gasteiger partial charge is 0.264 e. The molecular weight excluding hydrogens is 545 g/mol. The molecule has 3 aromatic rings. The Morgan fingerprint density at radius 3 is 2.36 bits per heavy atom. The van der Waals surface area contributed by atoms with E-state index in [4.69, 9.17) is 16.3 Å². The predicted octanol–water partition coefficient (Wildman–Crippen LogP) is 4.63. The average Bonchev–Trinajstić information content (AvgIpc) is 2.93. The van der Waals surface area contributed by atoms with Crippen LogP contribution in [0.3, 0.4) is 0 Å². The van der Waals surface area contributed by atoms with Gasteiger partial charge in [-0.2, -0.15) is 0 Å². The summed E-state index contributed by atoms with van der Waals surface area (Å²) in [4.78, 5) is 27.7. The standard InChI is InChI=1S/C28H31ClFN3O5S/c1-4-16-31-28(35)20(2)32(18-21-8-5-6-11-26(21)30)27(34)19-33(23-10-7-9-22(29)17-23)39(36,37)25-14-12-24(38-3)13-15-25/h5-15,17,20H,4,16,18-19H2,1-3H3,(H,31,35)/t20-/m1/s1. The van der Waals surface area contributed by atoms with Crippen molar-refractivity contribution in [3.63, 3.8) is 0 Å². The Bertz CT molecular complexity index is 1400. The van der Waals surface area contributed by atoms with Crippen LogP contribution in [0.25, 0.3) is 0 Å². The van der Waals surface area contributed by atoms with Crippen molar-refractivity contribution in [2.45, 2.75) is 37.8 Å². The maximum absolute atomic E-state index is 14.6. The van der Waals surface area contributed by atoms with Gasteiger partial charge in [-0.15, -0.1) is 0 Å². The quantitative estimate of drug-likeness (QED) is 0.340. The summed E-state index contributed by atoms with van der Waals surface area (Å²) in [6, 6.07) is 16.7. The van der Waals surface area contributed by atoms with E-state index in [1.165, 1.54) is 73.5 Å². The number of anilines is 1. The average molecular weight is 576 g/mol. The molecule has 3 aromatic carbocycles. The monoisotopic (exact) mass is 575 g/mol. The molecule has 2 amide bonds. The van der Waals surface area contributed by atoms with E-state index >= 15 is 0 Å². The number of rotatable bonds is 12. The number of nitrogens with one attached hydrogen (secondary N) is 1. The molecule has 0 aliphatic heterocycles. The summed E-state index contributed by atoms with van der Waals surface area (Å²) in [6.07, 6.45) is 0.683. The zero-order chi connectivity index (χ0) is 28.6. The third-order valence-corrected chi connectivity index (χ3v) is 8.06. The molecule has 0 heterocycles. The lowest BCUT2D eigenvalue weighted by Crippen LogP contribution is -2.51. The van der Waals surface area contributed by atoms with Crippen LogP contribution < -0.4 is 14.4 Å². The first-order valence-corrected chi connectivity index (χ1v) is 14.1. The second kappa shape index (κ2) is 13.4. The van der Waals surface area contributed by atoms with Crippen LogP contribution in [0, 0.1) is 5.82 Å². The first-order valence-electron chi connectivity index (χ1n) is 12.3. The molecule has 0 fully saturated rings. The minimum absolute atomic E-state index is 0.0783. The van der Waals surface area contributed by atoms with Crippen LogP contribution in [0.4, 0.5) is 10.1 Å². The first-order chi connectivity index (χ1) is 18.6. The molecule has 0 saturated carbocycles.